The van der Waals surface area contributed by atoms with E-state index in [0.29, 0.717) is 37.1 Å². The van der Waals surface area contributed by atoms with Crippen LogP contribution in [-0.4, -0.2) is 27.5 Å². The van der Waals surface area contributed by atoms with Crippen molar-refractivity contribution in [2.45, 2.75) is 65.1 Å². The lowest BCUT2D eigenvalue weighted by Gasteiger charge is -2.17. The van der Waals surface area contributed by atoms with Gasteiger partial charge in [-0.2, -0.15) is 0 Å². The highest BCUT2D eigenvalue weighted by molar-refractivity contribution is 7.15. The SMILES string of the molecule is CCCC(CCC)c1ccc(OCc2ccc(-c3ccc(CN(CC(=O)O)Cc4nc5ccccc5o4)s3)cc2)cc1. The largest absolute Gasteiger partial charge is 0.489 e. The summed E-state index contributed by atoms with van der Waals surface area (Å²) in [5, 5.41) is 9.48. The summed E-state index contributed by atoms with van der Waals surface area (Å²) in [7, 11) is 0. The van der Waals surface area contributed by atoms with Gasteiger partial charge in [0.25, 0.3) is 0 Å². The Morgan fingerprint density at radius 2 is 1.67 bits per heavy atom. The number of aromatic nitrogens is 1. The van der Waals surface area contributed by atoms with Crippen LogP contribution in [0, 0.1) is 0 Å². The van der Waals surface area contributed by atoms with E-state index in [4.69, 9.17) is 9.15 Å². The van der Waals surface area contributed by atoms with Crippen molar-refractivity contribution in [3.05, 3.63) is 107 Å². The summed E-state index contributed by atoms with van der Waals surface area (Å²) in [5.41, 5.74) is 5.12. The second kappa shape index (κ2) is 14.3. The molecule has 1 N–H and O–H groups in total. The van der Waals surface area contributed by atoms with Gasteiger partial charge in [0.1, 0.15) is 17.9 Å². The van der Waals surface area contributed by atoms with Crippen LogP contribution in [0.4, 0.5) is 0 Å². The molecule has 5 rings (SSSR count). The summed E-state index contributed by atoms with van der Waals surface area (Å²) in [6.07, 6.45) is 4.87. The van der Waals surface area contributed by atoms with Crippen LogP contribution < -0.4 is 4.74 Å². The third-order valence-corrected chi connectivity index (χ3v) is 8.49. The predicted octanol–water partition coefficient (Wildman–Crippen LogP) is 8.91. The molecule has 0 saturated carbocycles. The zero-order valence-electron chi connectivity index (χ0n) is 24.3. The third-order valence-electron chi connectivity index (χ3n) is 7.37. The zero-order valence-corrected chi connectivity index (χ0v) is 25.1. The summed E-state index contributed by atoms with van der Waals surface area (Å²) in [6.45, 7) is 5.75. The number of para-hydroxylation sites is 2. The van der Waals surface area contributed by atoms with Crippen molar-refractivity contribution in [2.24, 2.45) is 0 Å². The molecule has 0 spiro atoms. The summed E-state index contributed by atoms with van der Waals surface area (Å²) < 4.78 is 11.9. The van der Waals surface area contributed by atoms with Crippen molar-refractivity contribution < 1.29 is 19.1 Å². The maximum atomic E-state index is 11.6. The molecule has 7 heteroatoms. The molecule has 0 amide bonds. The molecule has 0 atom stereocenters. The Morgan fingerprint density at radius 3 is 2.36 bits per heavy atom. The number of aliphatic carboxylic acids is 1. The number of carbonyl (C=O) groups is 1. The molecule has 3 aromatic carbocycles. The minimum absolute atomic E-state index is 0.0958. The summed E-state index contributed by atoms with van der Waals surface area (Å²) in [4.78, 5) is 20.1. The molecule has 42 heavy (non-hydrogen) atoms. The lowest BCUT2D eigenvalue weighted by molar-refractivity contribution is -0.138. The number of hydrogen-bond donors (Lipinski definition) is 1. The predicted molar refractivity (Wildman–Crippen MR) is 169 cm³/mol. The topological polar surface area (TPSA) is 75.8 Å². The van der Waals surface area contributed by atoms with Crippen LogP contribution in [0.3, 0.4) is 0 Å². The Hall–Kier alpha value is -3.94. The van der Waals surface area contributed by atoms with Gasteiger partial charge in [0, 0.05) is 16.3 Å². The van der Waals surface area contributed by atoms with Crippen LogP contribution >= 0.6 is 11.3 Å². The van der Waals surface area contributed by atoms with Gasteiger partial charge in [-0.15, -0.1) is 11.3 Å². The Labute approximate surface area is 251 Å². The number of oxazole rings is 1. The van der Waals surface area contributed by atoms with E-state index in [1.807, 2.05) is 29.2 Å². The van der Waals surface area contributed by atoms with E-state index >= 15 is 0 Å². The van der Waals surface area contributed by atoms with Crippen molar-refractivity contribution in [1.29, 1.82) is 0 Å². The van der Waals surface area contributed by atoms with Gasteiger partial charge in [-0.05, 0) is 71.8 Å². The highest BCUT2D eigenvalue weighted by atomic mass is 32.1. The second-order valence-corrected chi connectivity index (χ2v) is 11.9. The van der Waals surface area contributed by atoms with E-state index in [9.17, 15) is 9.90 Å². The van der Waals surface area contributed by atoms with Crippen molar-refractivity contribution >= 4 is 28.4 Å². The molecule has 0 saturated heterocycles. The van der Waals surface area contributed by atoms with Crippen molar-refractivity contribution in [1.82, 2.24) is 9.88 Å². The van der Waals surface area contributed by atoms with Crippen molar-refractivity contribution in [3.63, 3.8) is 0 Å². The lowest BCUT2D eigenvalue weighted by Crippen LogP contribution is -2.28. The van der Waals surface area contributed by atoms with Crippen LogP contribution in [0.5, 0.6) is 5.75 Å². The van der Waals surface area contributed by atoms with E-state index in [1.165, 1.54) is 31.2 Å². The number of hydrogen-bond acceptors (Lipinski definition) is 6. The number of nitrogens with zero attached hydrogens (tertiary/aromatic N) is 2. The normalized spacial score (nSPS) is 11.5. The number of fused-ring (bicyclic) bond motifs is 1. The zero-order chi connectivity index (χ0) is 29.3. The molecule has 218 valence electrons. The van der Waals surface area contributed by atoms with Crippen LogP contribution in [0.2, 0.25) is 0 Å². The Bertz CT molecular complexity index is 1530. The minimum Gasteiger partial charge on any atom is -0.489 e. The number of rotatable bonds is 15. The first-order valence-corrected chi connectivity index (χ1v) is 15.5. The van der Waals surface area contributed by atoms with Crippen LogP contribution in [0.1, 0.15) is 67.3 Å². The highest BCUT2D eigenvalue weighted by Crippen LogP contribution is 2.31. The fraction of sp³-hybridized carbons (Fsp3) is 0.314. The molecule has 0 unspecified atom stereocenters. The van der Waals surface area contributed by atoms with E-state index in [1.54, 1.807) is 11.3 Å². The average Bonchev–Trinajstić information content (AvgIpc) is 3.63. The molecular weight excluding hydrogens is 544 g/mol. The fourth-order valence-corrected chi connectivity index (χ4v) is 6.37. The van der Waals surface area contributed by atoms with E-state index in [-0.39, 0.29) is 6.54 Å². The number of ether oxygens (including phenoxy) is 1. The van der Waals surface area contributed by atoms with Gasteiger partial charge in [0.15, 0.2) is 5.58 Å². The average molecular weight is 583 g/mol. The monoisotopic (exact) mass is 582 g/mol. The molecule has 0 aliphatic carbocycles. The van der Waals surface area contributed by atoms with E-state index in [0.717, 1.165) is 32.1 Å². The second-order valence-electron chi connectivity index (χ2n) is 10.7. The maximum Gasteiger partial charge on any atom is 0.317 e. The first-order valence-electron chi connectivity index (χ1n) is 14.7. The Balaban J connectivity index is 1.18. The Morgan fingerprint density at radius 1 is 0.929 bits per heavy atom. The van der Waals surface area contributed by atoms with Crippen LogP contribution in [0.15, 0.2) is 89.3 Å². The summed E-state index contributed by atoms with van der Waals surface area (Å²) >= 11 is 1.67. The number of thiophene rings is 1. The van der Waals surface area contributed by atoms with Gasteiger partial charge in [-0.3, -0.25) is 9.69 Å². The molecule has 6 nitrogen and oxygen atoms in total. The number of carboxylic acids is 1. The first-order chi connectivity index (χ1) is 20.5. The molecule has 0 fully saturated rings. The molecule has 0 aliphatic rings. The van der Waals surface area contributed by atoms with Crippen LogP contribution in [0.25, 0.3) is 21.5 Å². The number of carboxylic acid groups (broad SMARTS) is 1. The lowest BCUT2D eigenvalue weighted by atomic mass is 9.90. The van der Waals surface area contributed by atoms with Gasteiger partial charge >= 0.3 is 5.97 Å². The summed E-state index contributed by atoms with van der Waals surface area (Å²) in [5.74, 6) is 1.16. The van der Waals surface area contributed by atoms with E-state index in [2.05, 4.69) is 79.5 Å². The maximum absolute atomic E-state index is 11.6. The summed E-state index contributed by atoms with van der Waals surface area (Å²) in [6, 6.07) is 28.8. The number of benzene rings is 3. The van der Waals surface area contributed by atoms with E-state index < -0.39 is 5.97 Å². The Kier molecular flexibility index (Phi) is 10.1. The van der Waals surface area contributed by atoms with Gasteiger partial charge in [-0.25, -0.2) is 4.98 Å². The minimum atomic E-state index is -0.881. The quantitative estimate of drug-likeness (QED) is 0.133. The fourth-order valence-electron chi connectivity index (χ4n) is 5.32. The van der Waals surface area contributed by atoms with Crippen molar-refractivity contribution in [2.75, 3.05) is 6.54 Å². The first kappa shape index (κ1) is 29.5. The third kappa shape index (κ3) is 7.87. The highest BCUT2D eigenvalue weighted by Gasteiger charge is 2.16. The molecule has 5 aromatic rings. The van der Waals surface area contributed by atoms with Gasteiger partial charge < -0.3 is 14.3 Å². The van der Waals surface area contributed by atoms with Crippen molar-refractivity contribution in [3.8, 4) is 16.2 Å². The molecule has 0 radical (unpaired) electrons. The molecule has 0 bridgehead atoms. The van der Waals surface area contributed by atoms with Gasteiger partial charge in [0.05, 0.1) is 13.1 Å². The standard InChI is InChI=1S/C35H38N2O4S/c1-3-7-26(8-4-2)27-15-17-29(18-16-27)40-24-25-11-13-28(14-12-25)33-20-19-30(42-33)21-37(23-35(38)39)22-34-36-31-9-5-6-10-32(31)41-34/h5-6,9-20,26H,3-4,7-8,21-24H2,1-2H3,(H,38,39). The molecule has 0 aliphatic heterocycles. The molecular formula is C35H38N2O4S. The molecule has 2 aromatic heterocycles. The smallest absolute Gasteiger partial charge is 0.317 e. The van der Waals surface area contributed by atoms with Gasteiger partial charge in [0.2, 0.25) is 5.89 Å². The van der Waals surface area contributed by atoms with Crippen LogP contribution in [-0.2, 0) is 24.5 Å². The molecule has 2 heterocycles. The van der Waals surface area contributed by atoms with Gasteiger partial charge in [-0.1, -0.05) is 75.2 Å².